The van der Waals surface area contributed by atoms with E-state index >= 15 is 0 Å². The molecule has 1 unspecified atom stereocenters. The van der Waals surface area contributed by atoms with Crippen LogP contribution in [0.2, 0.25) is 0 Å². The van der Waals surface area contributed by atoms with E-state index in [1.165, 1.54) is 0 Å². The van der Waals surface area contributed by atoms with Gasteiger partial charge in [0.2, 0.25) is 5.88 Å². The first-order valence-electron chi connectivity index (χ1n) is 7.75. The molecule has 0 spiro atoms. The SMILES string of the molecule is CC(C)Oc1ccc(CNC(=O)NC(C)c2ccccc2)cn1. The molecule has 0 aliphatic carbocycles. The van der Waals surface area contributed by atoms with Crippen molar-refractivity contribution in [2.24, 2.45) is 0 Å². The van der Waals surface area contributed by atoms with Crippen molar-refractivity contribution in [2.45, 2.75) is 39.5 Å². The summed E-state index contributed by atoms with van der Waals surface area (Å²) in [5, 5.41) is 5.74. The Hall–Kier alpha value is -2.56. The summed E-state index contributed by atoms with van der Waals surface area (Å²) in [4.78, 5) is 16.2. The van der Waals surface area contributed by atoms with E-state index in [2.05, 4.69) is 15.6 Å². The third-order valence-electron chi connectivity index (χ3n) is 3.25. The lowest BCUT2D eigenvalue weighted by atomic mass is 10.1. The molecule has 0 radical (unpaired) electrons. The molecule has 0 saturated carbocycles. The first-order chi connectivity index (χ1) is 11.0. The zero-order valence-corrected chi connectivity index (χ0v) is 13.7. The first-order valence-corrected chi connectivity index (χ1v) is 7.75. The number of ether oxygens (including phenoxy) is 1. The third kappa shape index (κ3) is 5.62. The highest BCUT2D eigenvalue weighted by Gasteiger charge is 2.08. The van der Waals surface area contributed by atoms with E-state index in [1.807, 2.05) is 63.2 Å². The number of hydrogen-bond donors (Lipinski definition) is 2. The Kier molecular flexibility index (Phi) is 5.97. The Balaban J connectivity index is 1.80. The van der Waals surface area contributed by atoms with Gasteiger partial charge in [-0.2, -0.15) is 0 Å². The van der Waals surface area contributed by atoms with Crippen LogP contribution >= 0.6 is 0 Å². The van der Waals surface area contributed by atoms with Crippen LogP contribution in [-0.2, 0) is 6.54 Å². The van der Waals surface area contributed by atoms with Crippen LogP contribution in [0.3, 0.4) is 0 Å². The van der Waals surface area contributed by atoms with Crippen molar-refractivity contribution in [1.29, 1.82) is 0 Å². The number of urea groups is 1. The molecule has 0 saturated heterocycles. The van der Waals surface area contributed by atoms with Gasteiger partial charge in [-0.3, -0.25) is 0 Å². The molecule has 5 nitrogen and oxygen atoms in total. The molecule has 2 amide bonds. The number of hydrogen-bond acceptors (Lipinski definition) is 3. The number of benzene rings is 1. The van der Waals surface area contributed by atoms with Crippen LogP contribution in [0.15, 0.2) is 48.7 Å². The second kappa shape index (κ2) is 8.17. The zero-order chi connectivity index (χ0) is 16.7. The Labute approximate surface area is 137 Å². The molecule has 0 aliphatic rings. The summed E-state index contributed by atoms with van der Waals surface area (Å²) >= 11 is 0. The standard InChI is InChI=1S/C18H23N3O2/c1-13(2)23-17-10-9-15(11-19-17)12-20-18(22)21-14(3)16-7-5-4-6-8-16/h4-11,13-14H,12H2,1-3H3,(H2,20,21,22). The monoisotopic (exact) mass is 313 g/mol. The van der Waals surface area contributed by atoms with Gasteiger partial charge in [0.15, 0.2) is 0 Å². The molecule has 1 heterocycles. The average Bonchev–Trinajstić information content (AvgIpc) is 2.54. The van der Waals surface area contributed by atoms with Crippen LogP contribution in [0, 0.1) is 0 Å². The molecule has 122 valence electrons. The summed E-state index contributed by atoms with van der Waals surface area (Å²) in [6.07, 6.45) is 1.80. The second-order valence-corrected chi connectivity index (χ2v) is 5.63. The highest BCUT2D eigenvalue weighted by molar-refractivity contribution is 5.74. The summed E-state index contributed by atoms with van der Waals surface area (Å²) in [7, 11) is 0. The van der Waals surface area contributed by atoms with Crippen LogP contribution < -0.4 is 15.4 Å². The van der Waals surface area contributed by atoms with E-state index in [9.17, 15) is 4.79 Å². The summed E-state index contributed by atoms with van der Waals surface area (Å²) in [5.74, 6) is 0.589. The molecule has 5 heteroatoms. The molecular formula is C18H23N3O2. The molecule has 0 bridgehead atoms. The van der Waals surface area contributed by atoms with Gasteiger partial charge >= 0.3 is 6.03 Å². The van der Waals surface area contributed by atoms with Gasteiger partial charge in [0, 0.05) is 18.8 Å². The molecule has 0 aliphatic heterocycles. The van der Waals surface area contributed by atoms with Gasteiger partial charge in [0.1, 0.15) is 0 Å². The normalized spacial score (nSPS) is 11.8. The fourth-order valence-corrected chi connectivity index (χ4v) is 2.08. The average molecular weight is 313 g/mol. The van der Waals surface area contributed by atoms with E-state index in [4.69, 9.17) is 4.74 Å². The van der Waals surface area contributed by atoms with E-state index < -0.39 is 0 Å². The number of amides is 2. The molecule has 1 aromatic carbocycles. The van der Waals surface area contributed by atoms with Crippen molar-refractivity contribution in [3.05, 3.63) is 59.8 Å². The number of nitrogens with zero attached hydrogens (tertiary/aromatic N) is 1. The Morgan fingerprint density at radius 2 is 1.87 bits per heavy atom. The number of carbonyl (C=O) groups is 1. The molecule has 2 rings (SSSR count). The molecule has 1 atom stereocenters. The molecule has 23 heavy (non-hydrogen) atoms. The van der Waals surface area contributed by atoms with Gasteiger partial charge in [-0.25, -0.2) is 9.78 Å². The number of carbonyl (C=O) groups excluding carboxylic acids is 1. The van der Waals surface area contributed by atoms with Crippen LogP contribution in [0.1, 0.15) is 37.9 Å². The quantitative estimate of drug-likeness (QED) is 0.859. The van der Waals surface area contributed by atoms with Crippen molar-refractivity contribution in [2.75, 3.05) is 0 Å². The van der Waals surface area contributed by atoms with E-state index in [0.29, 0.717) is 12.4 Å². The maximum atomic E-state index is 11.9. The Morgan fingerprint density at radius 3 is 2.48 bits per heavy atom. The van der Waals surface area contributed by atoms with Crippen molar-refractivity contribution in [3.63, 3.8) is 0 Å². The number of rotatable bonds is 6. The lowest BCUT2D eigenvalue weighted by Gasteiger charge is -2.15. The molecule has 2 N–H and O–H groups in total. The van der Waals surface area contributed by atoms with Crippen LogP contribution in [0.4, 0.5) is 4.79 Å². The van der Waals surface area contributed by atoms with E-state index in [1.54, 1.807) is 6.20 Å². The van der Waals surface area contributed by atoms with E-state index in [0.717, 1.165) is 11.1 Å². The minimum atomic E-state index is -0.205. The minimum Gasteiger partial charge on any atom is -0.475 e. The maximum absolute atomic E-state index is 11.9. The number of pyridine rings is 1. The summed E-state index contributed by atoms with van der Waals surface area (Å²) in [5.41, 5.74) is 1.99. The van der Waals surface area contributed by atoms with Crippen molar-refractivity contribution in [3.8, 4) is 5.88 Å². The maximum Gasteiger partial charge on any atom is 0.315 e. The lowest BCUT2D eigenvalue weighted by Crippen LogP contribution is -2.36. The van der Waals surface area contributed by atoms with Crippen molar-refractivity contribution < 1.29 is 9.53 Å². The summed E-state index contributed by atoms with van der Waals surface area (Å²) < 4.78 is 5.49. The van der Waals surface area contributed by atoms with Crippen LogP contribution in [0.25, 0.3) is 0 Å². The van der Waals surface area contributed by atoms with Gasteiger partial charge in [-0.05, 0) is 31.9 Å². The molecule has 0 fully saturated rings. The van der Waals surface area contributed by atoms with Gasteiger partial charge in [-0.1, -0.05) is 36.4 Å². The molecular weight excluding hydrogens is 290 g/mol. The molecule has 2 aromatic rings. The topological polar surface area (TPSA) is 63.2 Å². The Bertz CT molecular complexity index is 612. The smallest absolute Gasteiger partial charge is 0.315 e. The van der Waals surface area contributed by atoms with Gasteiger partial charge in [-0.15, -0.1) is 0 Å². The summed E-state index contributed by atoms with van der Waals surface area (Å²) in [6.45, 7) is 6.28. The highest BCUT2D eigenvalue weighted by atomic mass is 16.5. The Morgan fingerprint density at radius 1 is 1.13 bits per heavy atom. The summed E-state index contributed by atoms with van der Waals surface area (Å²) in [6, 6.07) is 13.3. The fourth-order valence-electron chi connectivity index (χ4n) is 2.08. The second-order valence-electron chi connectivity index (χ2n) is 5.63. The van der Waals surface area contributed by atoms with Crippen LogP contribution in [0.5, 0.6) is 5.88 Å². The first kappa shape index (κ1) is 16.8. The van der Waals surface area contributed by atoms with E-state index in [-0.39, 0.29) is 18.2 Å². The minimum absolute atomic E-state index is 0.0452. The van der Waals surface area contributed by atoms with Gasteiger partial charge in [0.25, 0.3) is 0 Å². The predicted molar refractivity (Wildman–Crippen MR) is 90.2 cm³/mol. The fraction of sp³-hybridized carbons (Fsp3) is 0.333. The number of nitrogens with one attached hydrogen (secondary N) is 2. The largest absolute Gasteiger partial charge is 0.475 e. The lowest BCUT2D eigenvalue weighted by molar-refractivity contribution is 0.232. The third-order valence-corrected chi connectivity index (χ3v) is 3.25. The predicted octanol–water partition coefficient (Wildman–Crippen LogP) is 3.43. The zero-order valence-electron chi connectivity index (χ0n) is 13.7. The van der Waals surface area contributed by atoms with Gasteiger partial charge in [0.05, 0.1) is 12.1 Å². The van der Waals surface area contributed by atoms with Crippen molar-refractivity contribution in [1.82, 2.24) is 15.6 Å². The van der Waals surface area contributed by atoms with Gasteiger partial charge < -0.3 is 15.4 Å². The molecule has 1 aromatic heterocycles. The number of aromatic nitrogens is 1. The highest BCUT2D eigenvalue weighted by Crippen LogP contribution is 2.11. The van der Waals surface area contributed by atoms with Crippen molar-refractivity contribution >= 4 is 6.03 Å². The van der Waals surface area contributed by atoms with Crippen LogP contribution in [-0.4, -0.2) is 17.1 Å².